The molecule has 0 spiro atoms. The van der Waals surface area contributed by atoms with Crippen LogP contribution in [0.5, 0.6) is 0 Å². The van der Waals surface area contributed by atoms with E-state index in [2.05, 4.69) is 26.6 Å². The van der Waals surface area contributed by atoms with Crippen molar-refractivity contribution in [2.75, 3.05) is 19.0 Å². The van der Waals surface area contributed by atoms with Crippen LogP contribution in [0, 0.1) is 0 Å². The number of urea groups is 1. The lowest BCUT2D eigenvalue weighted by molar-refractivity contribution is -0.0287. The minimum Gasteiger partial charge on any atom is -0.388 e. The Balaban J connectivity index is 1.95. The number of methoxy groups -OCH3 is 1. The molecule has 6 heteroatoms. The fraction of sp³-hybridized carbons (Fsp3) is 0.500. The van der Waals surface area contributed by atoms with Gasteiger partial charge >= 0.3 is 6.03 Å². The number of hydrogen-bond acceptors (Lipinski definition) is 3. The van der Waals surface area contributed by atoms with Crippen molar-refractivity contribution < 1.29 is 14.6 Å². The highest BCUT2D eigenvalue weighted by molar-refractivity contribution is 9.10. The van der Waals surface area contributed by atoms with Gasteiger partial charge in [0.2, 0.25) is 0 Å². The number of carbonyl (C=O) groups excluding carboxylic acids is 1. The number of ether oxygens (including phenoxy) is 1. The van der Waals surface area contributed by atoms with Crippen LogP contribution in [0.15, 0.2) is 22.7 Å². The van der Waals surface area contributed by atoms with Crippen molar-refractivity contribution in [3.05, 3.63) is 28.2 Å². The summed E-state index contributed by atoms with van der Waals surface area (Å²) in [6, 6.07) is 5.24. The predicted octanol–water partition coefficient (Wildman–Crippen LogP) is 2.63. The Hall–Kier alpha value is -1.11. The zero-order valence-corrected chi connectivity index (χ0v) is 13.0. The molecule has 0 radical (unpaired) electrons. The number of benzene rings is 1. The number of hydrogen-bond donors (Lipinski definition) is 3. The number of anilines is 1. The number of nitrogens with one attached hydrogen (secondary N) is 2. The van der Waals surface area contributed by atoms with Crippen LogP contribution in [0.1, 0.15) is 24.8 Å². The van der Waals surface area contributed by atoms with Crippen molar-refractivity contribution in [3.8, 4) is 0 Å². The van der Waals surface area contributed by atoms with E-state index in [9.17, 15) is 9.90 Å². The second-order valence-electron chi connectivity index (χ2n) is 5.08. The number of carbonyl (C=O) groups is 1. The third-order valence-electron chi connectivity index (χ3n) is 3.52. The monoisotopic (exact) mass is 342 g/mol. The largest absolute Gasteiger partial charge is 0.388 e. The highest BCUT2D eigenvalue weighted by Crippen LogP contribution is 2.30. The first-order valence-electron chi connectivity index (χ1n) is 6.58. The Kier molecular flexibility index (Phi) is 5.01. The van der Waals surface area contributed by atoms with Crippen molar-refractivity contribution in [2.24, 2.45) is 0 Å². The highest BCUT2D eigenvalue weighted by Gasteiger charge is 2.34. The average Bonchev–Trinajstić information content (AvgIpc) is 2.38. The first-order valence-corrected chi connectivity index (χ1v) is 7.37. The fourth-order valence-corrected chi connectivity index (χ4v) is 2.62. The second kappa shape index (κ2) is 6.56. The summed E-state index contributed by atoms with van der Waals surface area (Å²) < 4.78 is 6.01. The summed E-state index contributed by atoms with van der Waals surface area (Å²) in [5.41, 5.74) is 0.857. The zero-order chi connectivity index (χ0) is 14.6. The molecular formula is C14H19BrN2O3. The molecular weight excluding hydrogens is 324 g/mol. The summed E-state index contributed by atoms with van der Waals surface area (Å²) in [4.78, 5) is 11.9. The molecule has 1 aromatic carbocycles. The van der Waals surface area contributed by atoms with Crippen LogP contribution in [0.4, 0.5) is 10.5 Å². The Morgan fingerprint density at radius 2 is 2.25 bits per heavy atom. The van der Waals surface area contributed by atoms with E-state index in [4.69, 9.17) is 4.74 Å². The number of rotatable bonds is 5. The smallest absolute Gasteiger partial charge is 0.319 e. The van der Waals surface area contributed by atoms with Gasteiger partial charge in [-0.05, 0) is 31.4 Å². The fourth-order valence-electron chi connectivity index (χ4n) is 2.14. The molecule has 2 rings (SSSR count). The maximum absolute atomic E-state index is 11.9. The van der Waals surface area contributed by atoms with Gasteiger partial charge in [0.25, 0.3) is 0 Å². The molecule has 0 bridgehead atoms. The van der Waals surface area contributed by atoms with Crippen molar-refractivity contribution in [1.29, 1.82) is 0 Å². The third-order valence-corrected chi connectivity index (χ3v) is 4.26. The molecule has 0 unspecified atom stereocenters. The lowest BCUT2D eigenvalue weighted by atomic mass is 9.80. The van der Waals surface area contributed by atoms with Gasteiger partial charge in [-0.2, -0.15) is 0 Å². The van der Waals surface area contributed by atoms with Gasteiger partial charge in [0.05, 0.1) is 12.2 Å². The molecule has 1 aromatic rings. The van der Waals surface area contributed by atoms with Crippen LogP contribution in [0.2, 0.25) is 0 Å². The SMILES string of the molecule is COCc1c(Br)cccc1NC(=O)NCC1(O)CCC1. The van der Waals surface area contributed by atoms with Crippen molar-refractivity contribution >= 4 is 27.6 Å². The lowest BCUT2D eigenvalue weighted by Gasteiger charge is -2.36. The van der Waals surface area contributed by atoms with Crippen molar-refractivity contribution in [2.45, 2.75) is 31.5 Å². The summed E-state index contributed by atoms with van der Waals surface area (Å²) in [5, 5.41) is 15.4. The van der Waals surface area contributed by atoms with Gasteiger partial charge in [-0.1, -0.05) is 22.0 Å². The molecule has 0 atom stereocenters. The maximum Gasteiger partial charge on any atom is 0.319 e. The Morgan fingerprint density at radius 3 is 2.85 bits per heavy atom. The maximum atomic E-state index is 11.9. The molecule has 5 nitrogen and oxygen atoms in total. The van der Waals surface area contributed by atoms with Crippen LogP contribution in [0.25, 0.3) is 0 Å². The molecule has 110 valence electrons. The van der Waals surface area contributed by atoms with Crippen LogP contribution in [0.3, 0.4) is 0 Å². The number of halogens is 1. The van der Waals surface area contributed by atoms with Gasteiger partial charge in [-0.3, -0.25) is 0 Å². The molecule has 0 heterocycles. The van der Waals surface area contributed by atoms with E-state index in [1.54, 1.807) is 7.11 Å². The van der Waals surface area contributed by atoms with Crippen LogP contribution in [-0.4, -0.2) is 30.4 Å². The van der Waals surface area contributed by atoms with E-state index >= 15 is 0 Å². The van der Waals surface area contributed by atoms with Crippen LogP contribution >= 0.6 is 15.9 Å². The van der Waals surface area contributed by atoms with Crippen molar-refractivity contribution in [3.63, 3.8) is 0 Å². The second-order valence-corrected chi connectivity index (χ2v) is 5.94. The van der Waals surface area contributed by atoms with Gasteiger partial charge in [-0.15, -0.1) is 0 Å². The topological polar surface area (TPSA) is 70.6 Å². The summed E-state index contributed by atoms with van der Waals surface area (Å²) in [6.45, 7) is 0.688. The van der Waals surface area contributed by atoms with E-state index in [-0.39, 0.29) is 12.6 Å². The summed E-state index contributed by atoms with van der Waals surface area (Å²) in [7, 11) is 1.61. The van der Waals surface area contributed by atoms with Gasteiger partial charge in [0, 0.05) is 29.4 Å². The van der Waals surface area contributed by atoms with E-state index < -0.39 is 5.60 Å². The van der Waals surface area contributed by atoms with Gasteiger partial charge < -0.3 is 20.5 Å². The van der Waals surface area contributed by atoms with Crippen LogP contribution in [-0.2, 0) is 11.3 Å². The summed E-state index contributed by atoms with van der Waals surface area (Å²) in [5.74, 6) is 0. The summed E-state index contributed by atoms with van der Waals surface area (Å²) in [6.07, 6.45) is 2.52. The van der Waals surface area contributed by atoms with E-state index in [1.807, 2.05) is 18.2 Å². The Morgan fingerprint density at radius 1 is 1.50 bits per heavy atom. The molecule has 1 fully saturated rings. The zero-order valence-electron chi connectivity index (χ0n) is 11.4. The first kappa shape index (κ1) is 15.3. The van der Waals surface area contributed by atoms with Crippen LogP contribution < -0.4 is 10.6 Å². The molecule has 1 saturated carbocycles. The minimum absolute atomic E-state index is 0.284. The Labute approximate surface area is 126 Å². The van der Waals surface area contributed by atoms with E-state index in [0.29, 0.717) is 12.3 Å². The lowest BCUT2D eigenvalue weighted by Crippen LogP contribution is -2.48. The quantitative estimate of drug-likeness (QED) is 0.770. The van der Waals surface area contributed by atoms with Gasteiger partial charge in [0.15, 0.2) is 0 Å². The van der Waals surface area contributed by atoms with Gasteiger partial charge in [-0.25, -0.2) is 4.79 Å². The third kappa shape index (κ3) is 3.71. The Bertz CT molecular complexity index is 489. The molecule has 0 aliphatic heterocycles. The number of aliphatic hydroxyl groups is 1. The summed E-state index contributed by atoms with van der Waals surface area (Å²) >= 11 is 3.44. The minimum atomic E-state index is -0.718. The standard InChI is InChI=1S/C14H19BrN2O3/c1-20-8-10-11(15)4-2-5-12(10)17-13(18)16-9-14(19)6-3-7-14/h2,4-5,19H,3,6-9H2,1H3,(H2,16,17,18). The molecule has 0 aromatic heterocycles. The molecule has 0 saturated heterocycles. The van der Waals surface area contributed by atoms with Gasteiger partial charge in [0.1, 0.15) is 0 Å². The highest BCUT2D eigenvalue weighted by atomic mass is 79.9. The first-order chi connectivity index (χ1) is 9.54. The number of amides is 2. The van der Waals surface area contributed by atoms with E-state index in [1.165, 1.54) is 0 Å². The molecule has 3 N–H and O–H groups in total. The van der Waals surface area contributed by atoms with E-state index in [0.717, 1.165) is 29.3 Å². The average molecular weight is 343 g/mol. The molecule has 1 aliphatic carbocycles. The van der Waals surface area contributed by atoms with Crippen molar-refractivity contribution in [1.82, 2.24) is 5.32 Å². The normalized spacial score (nSPS) is 16.4. The predicted molar refractivity (Wildman–Crippen MR) is 80.7 cm³/mol. The molecule has 2 amide bonds. The molecule has 1 aliphatic rings. The molecule has 20 heavy (non-hydrogen) atoms.